The topological polar surface area (TPSA) is 0 Å². The smallest absolute Gasteiger partial charge is 0.0426 e. The van der Waals surface area contributed by atoms with Gasteiger partial charge in [0.2, 0.25) is 0 Å². The molecule has 5 rings (SSSR count). The summed E-state index contributed by atoms with van der Waals surface area (Å²) < 4.78 is 0. The third-order valence-corrected chi connectivity index (χ3v) is 11.4. The quantitative estimate of drug-likeness (QED) is 0.377. The van der Waals surface area contributed by atoms with Crippen LogP contribution in [-0.4, -0.2) is 11.3 Å². The first-order valence-electron chi connectivity index (χ1n) is 10.9. The van der Waals surface area contributed by atoms with Crippen molar-refractivity contribution in [2.45, 2.75) is 62.7 Å². The van der Waals surface area contributed by atoms with Gasteiger partial charge in [-0.1, -0.05) is 94.3 Å². The fourth-order valence-electron chi connectivity index (χ4n) is 5.17. The van der Waals surface area contributed by atoms with E-state index in [-0.39, 0.29) is 7.92 Å². The average molecular weight is 405 g/mol. The SMILES string of the molecule is c1ccc(-c2cc(P(C3CCCC3)C3CCCC3)c(-c3ccccc3)s2)cc1. The molecule has 0 amide bonds. The van der Waals surface area contributed by atoms with Crippen LogP contribution in [0.15, 0.2) is 66.7 Å². The van der Waals surface area contributed by atoms with Crippen LogP contribution in [0.2, 0.25) is 0 Å². The lowest BCUT2D eigenvalue weighted by Crippen LogP contribution is -2.19. The van der Waals surface area contributed by atoms with E-state index in [0.29, 0.717) is 0 Å². The molecule has 28 heavy (non-hydrogen) atoms. The first-order valence-corrected chi connectivity index (χ1v) is 13.2. The molecule has 0 spiro atoms. The third kappa shape index (κ3) is 3.72. The van der Waals surface area contributed by atoms with Crippen LogP contribution in [0.3, 0.4) is 0 Å². The minimum Gasteiger partial charge on any atom is -0.135 e. The van der Waals surface area contributed by atoms with E-state index >= 15 is 0 Å². The summed E-state index contributed by atoms with van der Waals surface area (Å²) >= 11 is 2.03. The lowest BCUT2D eigenvalue weighted by atomic mass is 10.1. The Labute approximate surface area is 174 Å². The van der Waals surface area contributed by atoms with E-state index in [1.54, 1.807) is 10.2 Å². The molecule has 2 aromatic carbocycles. The zero-order valence-corrected chi connectivity index (χ0v) is 18.2. The van der Waals surface area contributed by atoms with Crippen LogP contribution in [-0.2, 0) is 0 Å². The highest BCUT2D eigenvalue weighted by atomic mass is 32.1. The summed E-state index contributed by atoms with van der Waals surface area (Å²) in [5.41, 5.74) is 4.72. The Morgan fingerprint density at radius 3 is 1.68 bits per heavy atom. The van der Waals surface area contributed by atoms with E-state index in [1.807, 2.05) is 11.3 Å². The number of hydrogen-bond donors (Lipinski definition) is 0. The largest absolute Gasteiger partial charge is 0.135 e. The molecular weight excluding hydrogens is 375 g/mol. The van der Waals surface area contributed by atoms with Gasteiger partial charge in [-0.3, -0.25) is 0 Å². The predicted molar refractivity (Wildman–Crippen MR) is 126 cm³/mol. The van der Waals surface area contributed by atoms with E-state index in [2.05, 4.69) is 66.7 Å². The highest BCUT2D eigenvalue weighted by Crippen LogP contribution is 2.58. The lowest BCUT2D eigenvalue weighted by molar-refractivity contribution is 0.836. The molecule has 0 bridgehead atoms. The molecule has 0 nitrogen and oxygen atoms in total. The zero-order chi connectivity index (χ0) is 18.8. The van der Waals surface area contributed by atoms with Crippen molar-refractivity contribution in [3.05, 3.63) is 66.7 Å². The van der Waals surface area contributed by atoms with Crippen LogP contribution in [0.4, 0.5) is 0 Å². The van der Waals surface area contributed by atoms with Gasteiger partial charge in [0.25, 0.3) is 0 Å². The average Bonchev–Trinajstić information content (AvgIpc) is 3.53. The second kappa shape index (κ2) is 8.52. The summed E-state index contributed by atoms with van der Waals surface area (Å²) in [6.45, 7) is 0. The minimum absolute atomic E-state index is 0.0616. The van der Waals surface area contributed by atoms with E-state index in [0.717, 1.165) is 11.3 Å². The molecule has 2 fully saturated rings. The van der Waals surface area contributed by atoms with Gasteiger partial charge < -0.3 is 0 Å². The Morgan fingerprint density at radius 1 is 0.643 bits per heavy atom. The molecule has 0 N–H and O–H groups in total. The Hall–Kier alpha value is -1.43. The Morgan fingerprint density at radius 2 is 1.14 bits per heavy atom. The van der Waals surface area contributed by atoms with E-state index < -0.39 is 0 Å². The van der Waals surface area contributed by atoms with Gasteiger partial charge in [0.05, 0.1) is 0 Å². The normalized spacial score (nSPS) is 18.3. The van der Waals surface area contributed by atoms with Gasteiger partial charge >= 0.3 is 0 Å². The monoisotopic (exact) mass is 404 g/mol. The molecule has 0 aliphatic heterocycles. The van der Waals surface area contributed by atoms with E-state index in [9.17, 15) is 0 Å². The Kier molecular flexibility index (Phi) is 5.66. The molecule has 0 radical (unpaired) electrons. The van der Waals surface area contributed by atoms with Gasteiger partial charge in [-0.15, -0.1) is 11.3 Å². The molecule has 0 saturated heterocycles. The maximum absolute atomic E-state index is 2.60. The van der Waals surface area contributed by atoms with Crippen LogP contribution in [0.1, 0.15) is 51.4 Å². The van der Waals surface area contributed by atoms with Gasteiger partial charge in [-0.05, 0) is 59.5 Å². The molecule has 0 atom stereocenters. The first kappa shape index (κ1) is 18.6. The van der Waals surface area contributed by atoms with Crippen molar-refractivity contribution in [1.29, 1.82) is 0 Å². The molecule has 2 heteroatoms. The summed E-state index contributed by atoms with van der Waals surface area (Å²) in [4.78, 5) is 3.02. The Balaban J connectivity index is 1.64. The van der Waals surface area contributed by atoms with Crippen molar-refractivity contribution in [2.75, 3.05) is 0 Å². The summed E-state index contributed by atoms with van der Waals surface area (Å²) in [6, 6.07) is 24.8. The van der Waals surface area contributed by atoms with Crippen LogP contribution in [0.5, 0.6) is 0 Å². The summed E-state index contributed by atoms with van der Waals surface area (Å²) in [5.74, 6) is 0. The van der Waals surface area contributed by atoms with Crippen LogP contribution in [0.25, 0.3) is 20.9 Å². The molecule has 2 aliphatic carbocycles. The Bertz CT molecular complexity index is 871. The van der Waals surface area contributed by atoms with Gasteiger partial charge in [0.1, 0.15) is 0 Å². The van der Waals surface area contributed by atoms with Gasteiger partial charge in [0, 0.05) is 9.75 Å². The fraction of sp³-hybridized carbons (Fsp3) is 0.385. The maximum atomic E-state index is 2.60. The number of benzene rings is 2. The van der Waals surface area contributed by atoms with Gasteiger partial charge in [-0.25, -0.2) is 0 Å². The first-order chi connectivity index (χ1) is 13.9. The molecule has 144 valence electrons. The fourth-order valence-corrected chi connectivity index (χ4v) is 10.6. The van der Waals surface area contributed by atoms with Crippen LogP contribution < -0.4 is 5.30 Å². The van der Waals surface area contributed by atoms with Crippen molar-refractivity contribution in [3.63, 3.8) is 0 Å². The number of hydrogen-bond acceptors (Lipinski definition) is 1. The zero-order valence-electron chi connectivity index (χ0n) is 16.5. The highest BCUT2D eigenvalue weighted by Gasteiger charge is 2.36. The van der Waals surface area contributed by atoms with Crippen LogP contribution in [0, 0.1) is 0 Å². The van der Waals surface area contributed by atoms with Crippen LogP contribution >= 0.6 is 19.3 Å². The third-order valence-electron chi connectivity index (χ3n) is 6.52. The molecule has 2 aliphatic rings. The van der Waals surface area contributed by atoms with Crippen molar-refractivity contribution in [3.8, 4) is 20.9 Å². The molecule has 1 heterocycles. The maximum Gasteiger partial charge on any atom is 0.0426 e. The van der Waals surface area contributed by atoms with E-state index in [1.165, 1.54) is 67.4 Å². The molecule has 3 aromatic rings. The summed E-state index contributed by atoms with van der Waals surface area (Å²) in [5, 5.41) is 1.73. The minimum atomic E-state index is -0.0616. The standard InChI is InChI=1S/C26H29PS/c1-3-11-20(12-4-1)25-19-24(26(28-25)21-13-5-2-6-14-21)27(22-15-7-8-16-22)23-17-9-10-18-23/h1-6,11-14,19,22-23H,7-10,15-18H2. The van der Waals surface area contributed by atoms with E-state index in [4.69, 9.17) is 0 Å². The van der Waals surface area contributed by atoms with Crippen molar-refractivity contribution >= 4 is 24.6 Å². The van der Waals surface area contributed by atoms with Crippen molar-refractivity contribution < 1.29 is 0 Å². The second-order valence-corrected chi connectivity index (χ2v) is 12.2. The van der Waals surface area contributed by atoms with Gasteiger partial charge in [0.15, 0.2) is 0 Å². The highest BCUT2D eigenvalue weighted by molar-refractivity contribution is 7.68. The molecule has 1 aromatic heterocycles. The summed E-state index contributed by atoms with van der Waals surface area (Å²) in [6.07, 6.45) is 11.7. The number of thiophene rings is 1. The van der Waals surface area contributed by atoms with Crippen molar-refractivity contribution in [2.24, 2.45) is 0 Å². The molecule has 2 saturated carbocycles. The second-order valence-electron chi connectivity index (χ2n) is 8.34. The lowest BCUT2D eigenvalue weighted by Gasteiger charge is -2.30. The van der Waals surface area contributed by atoms with Crippen molar-refractivity contribution in [1.82, 2.24) is 0 Å². The summed E-state index contributed by atoms with van der Waals surface area (Å²) in [7, 11) is -0.0616. The molecule has 0 unspecified atom stereocenters. The predicted octanol–water partition coefficient (Wildman–Crippen LogP) is 8.07. The number of rotatable bonds is 5. The van der Waals surface area contributed by atoms with Gasteiger partial charge in [-0.2, -0.15) is 0 Å². The molecular formula is C26H29PS.